The van der Waals surface area contributed by atoms with Crippen LogP contribution >= 0.6 is 0 Å². The molecular weight excluding hydrogens is 973 g/mol. The second-order valence-corrected chi connectivity index (χ2v) is 22.7. The number of unbranched alkanes of at least 4 members (excludes halogenated alkanes) is 37. The first kappa shape index (κ1) is 75.6. The fourth-order valence-electron chi connectivity index (χ4n) is 9.80. The van der Waals surface area contributed by atoms with Crippen molar-refractivity contribution in [2.24, 2.45) is 0 Å². The molecule has 0 aliphatic heterocycles. The van der Waals surface area contributed by atoms with Crippen LogP contribution in [0.2, 0.25) is 0 Å². The second kappa shape index (κ2) is 67.1. The van der Waals surface area contributed by atoms with Crippen molar-refractivity contribution in [3.8, 4) is 0 Å². The van der Waals surface area contributed by atoms with Gasteiger partial charge in [-0.3, -0.25) is 14.4 Å². The zero-order valence-corrected chi connectivity index (χ0v) is 52.4. The third-order valence-electron chi connectivity index (χ3n) is 14.9. The average Bonchev–Trinajstić information content (AvgIpc) is 3.45. The molecule has 0 rings (SSSR count). The van der Waals surface area contributed by atoms with Gasteiger partial charge in [0, 0.05) is 19.3 Å². The molecule has 0 aromatic rings. The van der Waals surface area contributed by atoms with Crippen molar-refractivity contribution >= 4 is 17.9 Å². The molecule has 0 saturated carbocycles. The molecule has 1 unspecified atom stereocenters. The van der Waals surface area contributed by atoms with Gasteiger partial charge in [-0.1, -0.05) is 311 Å². The monoisotopic (exact) mass is 1100 g/mol. The lowest BCUT2D eigenvalue weighted by Crippen LogP contribution is -2.30. The standard InChI is InChI=1S/C73H128O6/c1-4-7-10-13-16-19-22-25-28-30-32-34-35-36-37-39-40-42-45-48-51-54-57-60-63-66-72(75)78-69-70(68-77-71(74)65-62-59-56-53-50-47-44-27-24-21-18-15-12-9-6-3)79-73(76)67-64-61-58-55-52-49-46-43-41-38-33-31-29-26-23-20-17-14-11-8-5-2/h9,12,18,21-22,25,27,30,32,35-36,44,50,53,70H,4-8,10-11,13-17,19-20,23-24,26,28-29,31,33-34,37-43,45-49,51-52,54-69H2,1-3H3/b12-9-,21-18-,25-22-,32-30-,36-35-,44-27-,53-50-. The van der Waals surface area contributed by atoms with Crippen LogP contribution < -0.4 is 0 Å². The number of carbonyl (C=O) groups is 3. The minimum absolute atomic E-state index is 0.0892. The Bertz CT molecular complexity index is 1500. The molecule has 0 aliphatic carbocycles. The predicted molar refractivity (Wildman–Crippen MR) is 344 cm³/mol. The van der Waals surface area contributed by atoms with E-state index in [2.05, 4.69) is 106 Å². The van der Waals surface area contributed by atoms with Gasteiger partial charge in [0.15, 0.2) is 6.10 Å². The maximum absolute atomic E-state index is 12.9. The Hall–Kier alpha value is -3.41. The summed E-state index contributed by atoms with van der Waals surface area (Å²) in [6.07, 6.45) is 88.9. The summed E-state index contributed by atoms with van der Waals surface area (Å²) in [7, 11) is 0. The molecule has 0 saturated heterocycles. The summed E-state index contributed by atoms with van der Waals surface area (Å²) in [5.41, 5.74) is 0. The Morgan fingerprint density at radius 2 is 0.494 bits per heavy atom. The zero-order chi connectivity index (χ0) is 57.1. The SMILES string of the molecule is CC/C=C\C/C=C\C/C=C\C/C=C\CCCCC(=O)OCC(COC(=O)CCCCCCCCCCCC/C=C\C/C=C\C/C=C\CCCCCCC)OC(=O)CCCCCCCCCCCCCCCCCCCCCCC. The Balaban J connectivity index is 4.35. The van der Waals surface area contributed by atoms with Crippen LogP contribution in [0.25, 0.3) is 0 Å². The van der Waals surface area contributed by atoms with Gasteiger partial charge in [0.25, 0.3) is 0 Å². The molecular formula is C73H128O6. The Labute approximate surface area is 490 Å². The van der Waals surface area contributed by atoms with E-state index in [4.69, 9.17) is 14.2 Å². The highest BCUT2D eigenvalue weighted by Gasteiger charge is 2.19. The smallest absolute Gasteiger partial charge is 0.306 e. The number of rotatable bonds is 62. The first-order valence-electron chi connectivity index (χ1n) is 34.1. The van der Waals surface area contributed by atoms with Crippen molar-refractivity contribution in [1.82, 2.24) is 0 Å². The maximum atomic E-state index is 12.9. The Kier molecular flexibility index (Phi) is 64.2. The first-order valence-corrected chi connectivity index (χ1v) is 34.1. The van der Waals surface area contributed by atoms with Crippen LogP contribution in [0.3, 0.4) is 0 Å². The van der Waals surface area contributed by atoms with Crippen molar-refractivity contribution < 1.29 is 28.6 Å². The van der Waals surface area contributed by atoms with Crippen LogP contribution in [0, 0.1) is 0 Å². The van der Waals surface area contributed by atoms with Crippen LogP contribution in [0.5, 0.6) is 0 Å². The summed E-state index contributed by atoms with van der Waals surface area (Å²) in [5, 5.41) is 0. The van der Waals surface area contributed by atoms with Crippen LogP contribution in [0.15, 0.2) is 85.1 Å². The van der Waals surface area contributed by atoms with Gasteiger partial charge in [-0.2, -0.15) is 0 Å². The highest BCUT2D eigenvalue weighted by molar-refractivity contribution is 5.71. The number of ether oxygens (including phenoxy) is 3. The summed E-state index contributed by atoms with van der Waals surface area (Å²) in [5.74, 6) is -0.919. The number of hydrogen-bond acceptors (Lipinski definition) is 6. The van der Waals surface area contributed by atoms with Crippen LogP contribution in [-0.4, -0.2) is 37.2 Å². The lowest BCUT2D eigenvalue weighted by atomic mass is 10.0. The highest BCUT2D eigenvalue weighted by atomic mass is 16.6. The Morgan fingerprint density at radius 1 is 0.266 bits per heavy atom. The molecule has 456 valence electrons. The third-order valence-corrected chi connectivity index (χ3v) is 14.9. The van der Waals surface area contributed by atoms with Crippen molar-refractivity contribution in [2.75, 3.05) is 13.2 Å². The van der Waals surface area contributed by atoms with Crippen LogP contribution in [-0.2, 0) is 28.6 Å². The molecule has 0 amide bonds. The molecule has 0 fully saturated rings. The second-order valence-electron chi connectivity index (χ2n) is 22.7. The molecule has 0 bridgehead atoms. The zero-order valence-electron chi connectivity index (χ0n) is 52.4. The van der Waals surface area contributed by atoms with Crippen molar-refractivity contribution in [3.05, 3.63) is 85.1 Å². The van der Waals surface area contributed by atoms with E-state index in [1.807, 2.05) is 0 Å². The molecule has 0 N–H and O–H groups in total. The van der Waals surface area contributed by atoms with E-state index in [9.17, 15) is 14.4 Å². The molecule has 0 radical (unpaired) electrons. The lowest BCUT2D eigenvalue weighted by Gasteiger charge is -2.18. The Morgan fingerprint density at radius 3 is 0.797 bits per heavy atom. The average molecular weight is 1100 g/mol. The van der Waals surface area contributed by atoms with Gasteiger partial charge < -0.3 is 14.2 Å². The minimum atomic E-state index is -0.796. The summed E-state index contributed by atoms with van der Waals surface area (Å²) >= 11 is 0. The fraction of sp³-hybridized carbons (Fsp3) is 0.767. The van der Waals surface area contributed by atoms with E-state index in [1.54, 1.807) is 0 Å². The van der Waals surface area contributed by atoms with Crippen molar-refractivity contribution in [2.45, 2.75) is 348 Å². The fourth-order valence-corrected chi connectivity index (χ4v) is 9.80. The van der Waals surface area contributed by atoms with E-state index in [1.165, 1.54) is 205 Å². The lowest BCUT2D eigenvalue weighted by molar-refractivity contribution is -0.167. The van der Waals surface area contributed by atoms with E-state index >= 15 is 0 Å². The molecule has 6 nitrogen and oxygen atoms in total. The molecule has 0 aliphatic rings. The third kappa shape index (κ3) is 65.3. The largest absolute Gasteiger partial charge is 0.462 e. The topological polar surface area (TPSA) is 78.9 Å². The van der Waals surface area contributed by atoms with Gasteiger partial charge in [-0.15, -0.1) is 0 Å². The number of hydrogen-bond donors (Lipinski definition) is 0. The van der Waals surface area contributed by atoms with Gasteiger partial charge in [0.05, 0.1) is 0 Å². The molecule has 6 heteroatoms. The van der Waals surface area contributed by atoms with Crippen LogP contribution in [0.1, 0.15) is 342 Å². The van der Waals surface area contributed by atoms with Gasteiger partial charge in [-0.05, 0) is 96.3 Å². The molecule has 0 aromatic carbocycles. The summed E-state index contributed by atoms with van der Waals surface area (Å²) in [6.45, 7) is 6.52. The van der Waals surface area contributed by atoms with Gasteiger partial charge in [0.1, 0.15) is 13.2 Å². The quantitative estimate of drug-likeness (QED) is 0.0261. The highest BCUT2D eigenvalue weighted by Crippen LogP contribution is 2.17. The predicted octanol–water partition coefficient (Wildman–Crippen LogP) is 23.4. The van der Waals surface area contributed by atoms with E-state index in [0.29, 0.717) is 19.3 Å². The molecule has 1 atom stereocenters. The van der Waals surface area contributed by atoms with Crippen molar-refractivity contribution in [3.63, 3.8) is 0 Å². The number of allylic oxidation sites excluding steroid dienone is 14. The summed E-state index contributed by atoms with van der Waals surface area (Å²) < 4.78 is 16.9. The van der Waals surface area contributed by atoms with Crippen molar-refractivity contribution in [1.29, 1.82) is 0 Å². The minimum Gasteiger partial charge on any atom is -0.462 e. The molecule has 0 spiro atoms. The maximum Gasteiger partial charge on any atom is 0.306 e. The number of carbonyl (C=O) groups excluding carboxylic acids is 3. The first-order chi connectivity index (χ1) is 39.0. The van der Waals surface area contributed by atoms with E-state index in [0.717, 1.165) is 96.3 Å². The van der Waals surface area contributed by atoms with E-state index in [-0.39, 0.29) is 31.1 Å². The normalized spacial score (nSPS) is 12.6. The van der Waals surface area contributed by atoms with Crippen LogP contribution in [0.4, 0.5) is 0 Å². The molecule has 0 heterocycles. The van der Waals surface area contributed by atoms with Gasteiger partial charge in [-0.25, -0.2) is 0 Å². The van der Waals surface area contributed by atoms with Gasteiger partial charge in [0.2, 0.25) is 0 Å². The van der Waals surface area contributed by atoms with E-state index < -0.39 is 6.10 Å². The molecule has 0 aromatic heterocycles. The number of esters is 3. The summed E-state index contributed by atoms with van der Waals surface area (Å²) in [4.78, 5) is 38.4. The molecule has 79 heavy (non-hydrogen) atoms. The van der Waals surface area contributed by atoms with Gasteiger partial charge >= 0.3 is 17.9 Å². The summed E-state index contributed by atoms with van der Waals surface area (Å²) in [6, 6.07) is 0.